The summed E-state index contributed by atoms with van der Waals surface area (Å²) in [6.07, 6.45) is 0.893. The van der Waals surface area contributed by atoms with E-state index in [1.807, 2.05) is 6.92 Å². The molecular formula is C13H15F2NO. The highest BCUT2D eigenvalue weighted by atomic mass is 19.2. The molecule has 92 valence electrons. The number of carbonyl (C=O) groups excluding carboxylic acids is 1. The van der Waals surface area contributed by atoms with Gasteiger partial charge in [0.05, 0.1) is 0 Å². The summed E-state index contributed by atoms with van der Waals surface area (Å²) < 4.78 is 27.1. The Balaban J connectivity index is 2.50. The smallest absolute Gasteiger partial charge is 0.221 e. The van der Waals surface area contributed by atoms with Crippen LogP contribution in [0.1, 0.15) is 32.3 Å². The minimum absolute atomic E-state index is 0.108. The van der Waals surface area contributed by atoms with Gasteiger partial charge in [-0.25, -0.2) is 8.78 Å². The summed E-state index contributed by atoms with van der Waals surface area (Å²) in [4.78, 5) is 11.5. The molecule has 4 heteroatoms. The maximum Gasteiger partial charge on any atom is 0.221 e. The lowest BCUT2D eigenvalue weighted by Gasteiger charge is -2.30. The minimum atomic E-state index is -0.863. The van der Waals surface area contributed by atoms with Crippen LogP contribution < -0.4 is 5.32 Å². The van der Waals surface area contributed by atoms with E-state index < -0.39 is 17.0 Å². The van der Waals surface area contributed by atoms with Gasteiger partial charge in [0.1, 0.15) is 0 Å². The standard InChI is InChI=1S/C13H15F2NO/c1-3-10-13(2,7-11(17)16-10)8-5-4-6-9(14)12(8)15/h4-6,10H,3,7H2,1-2H3,(H,16,17). The first-order chi connectivity index (χ1) is 7.99. The summed E-state index contributed by atoms with van der Waals surface area (Å²) >= 11 is 0. The number of hydrogen-bond acceptors (Lipinski definition) is 1. The minimum Gasteiger partial charge on any atom is -0.352 e. The monoisotopic (exact) mass is 239 g/mol. The summed E-state index contributed by atoms with van der Waals surface area (Å²) in [5.41, 5.74) is -0.388. The van der Waals surface area contributed by atoms with E-state index in [0.29, 0.717) is 6.42 Å². The SMILES string of the molecule is CCC1NC(=O)CC1(C)c1cccc(F)c1F. The van der Waals surface area contributed by atoms with Crippen molar-refractivity contribution in [2.45, 2.75) is 38.1 Å². The normalized spacial score (nSPS) is 28.2. The second kappa shape index (κ2) is 4.09. The van der Waals surface area contributed by atoms with Crippen molar-refractivity contribution in [2.24, 2.45) is 0 Å². The fourth-order valence-corrected chi connectivity index (χ4v) is 2.64. The van der Waals surface area contributed by atoms with Gasteiger partial charge in [0, 0.05) is 17.9 Å². The summed E-state index contributed by atoms with van der Waals surface area (Å²) in [5.74, 6) is -1.81. The molecule has 1 aromatic rings. The number of amides is 1. The van der Waals surface area contributed by atoms with Crippen LogP contribution in [0.4, 0.5) is 8.78 Å². The zero-order valence-corrected chi connectivity index (χ0v) is 9.89. The molecule has 1 aromatic carbocycles. The molecule has 0 saturated carbocycles. The van der Waals surface area contributed by atoms with Crippen LogP contribution in [0.3, 0.4) is 0 Å². The van der Waals surface area contributed by atoms with Gasteiger partial charge < -0.3 is 5.32 Å². The Morgan fingerprint density at radius 1 is 1.47 bits per heavy atom. The third-order valence-electron chi connectivity index (χ3n) is 3.61. The summed E-state index contributed by atoms with van der Waals surface area (Å²) in [7, 11) is 0. The highest BCUT2D eigenvalue weighted by Gasteiger charge is 2.45. The Hall–Kier alpha value is -1.45. The van der Waals surface area contributed by atoms with Crippen LogP contribution in [0.2, 0.25) is 0 Å². The molecule has 2 atom stereocenters. The molecule has 2 unspecified atom stereocenters. The first-order valence-electron chi connectivity index (χ1n) is 5.73. The Morgan fingerprint density at radius 2 is 2.18 bits per heavy atom. The largest absolute Gasteiger partial charge is 0.352 e. The summed E-state index contributed by atoms with van der Waals surface area (Å²) in [5, 5.41) is 2.81. The predicted octanol–water partition coefficient (Wildman–Crippen LogP) is 2.52. The van der Waals surface area contributed by atoms with E-state index >= 15 is 0 Å². The number of nitrogens with one attached hydrogen (secondary N) is 1. The molecular weight excluding hydrogens is 224 g/mol. The molecule has 1 fully saturated rings. The lowest BCUT2D eigenvalue weighted by atomic mass is 9.75. The Labute approximate surface area is 99.0 Å². The van der Waals surface area contributed by atoms with Crippen molar-refractivity contribution in [1.29, 1.82) is 0 Å². The van der Waals surface area contributed by atoms with Crippen molar-refractivity contribution >= 4 is 5.91 Å². The van der Waals surface area contributed by atoms with Gasteiger partial charge in [-0.15, -0.1) is 0 Å². The maximum absolute atomic E-state index is 13.8. The fraction of sp³-hybridized carbons (Fsp3) is 0.462. The van der Waals surface area contributed by atoms with E-state index in [1.165, 1.54) is 6.07 Å². The van der Waals surface area contributed by atoms with Crippen molar-refractivity contribution in [1.82, 2.24) is 5.32 Å². The molecule has 0 bridgehead atoms. The van der Waals surface area contributed by atoms with E-state index in [9.17, 15) is 13.6 Å². The number of rotatable bonds is 2. The number of carbonyl (C=O) groups is 1. The Morgan fingerprint density at radius 3 is 2.82 bits per heavy atom. The molecule has 2 rings (SSSR count). The van der Waals surface area contributed by atoms with Gasteiger partial charge in [0.25, 0.3) is 0 Å². The molecule has 0 radical (unpaired) electrons. The van der Waals surface area contributed by atoms with Gasteiger partial charge in [0.2, 0.25) is 5.91 Å². The average Bonchev–Trinajstić information content (AvgIpc) is 2.58. The highest BCUT2D eigenvalue weighted by molar-refractivity contribution is 5.81. The van der Waals surface area contributed by atoms with Crippen molar-refractivity contribution in [3.8, 4) is 0 Å². The van der Waals surface area contributed by atoms with Gasteiger partial charge in [-0.05, 0) is 18.1 Å². The van der Waals surface area contributed by atoms with Crippen molar-refractivity contribution in [3.05, 3.63) is 35.4 Å². The van der Waals surface area contributed by atoms with Crippen molar-refractivity contribution < 1.29 is 13.6 Å². The zero-order valence-electron chi connectivity index (χ0n) is 9.89. The third-order valence-corrected chi connectivity index (χ3v) is 3.61. The molecule has 2 nitrogen and oxygen atoms in total. The van der Waals surface area contributed by atoms with Crippen molar-refractivity contribution in [3.63, 3.8) is 0 Å². The highest BCUT2D eigenvalue weighted by Crippen LogP contribution is 2.38. The quantitative estimate of drug-likeness (QED) is 0.844. The second-order valence-corrected chi connectivity index (χ2v) is 4.72. The van der Waals surface area contributed by atoms with E-state index in [-0.39, 0.29) is 23.9 Å². The number of halogens is 2. The molecule has 1 aliphatic rings. The lowest BCUT2D eigenvalue weighted by molar-refractivity contribution is -0.119. The molecule has 1 N–H and O–H groups in total. The Bertz CT molecular complexity index is 461. The zero-order chi connectivity index (χ0) is 12.6. The van der Waals surface area contributed by atoms with E-state index in [1.54, 1.807) is 13.0 Å². The third kappa shape index (κ3) is 1.81. The van der Waals surface area contributed by atoms with Crippen LogP contribution in [0.5, 0.6) is 0 Å². The van der Waals surface area contributed by atoms with Gasteiger partial charge >= 0.3 is 0 Å². The van der Waals surface area contributed by atoms with Crippen LogP contribution >= 0.6 is 0 Å². The summed E-state index contributed by atoms with van der Waals surface area (Å²) in [6, 6.07) is 3.98. The fourth-order valence-electron chi connectivity index (χ4n) is 2.64. The predicted molar refractivity (Wildman–Crippen MR) is 60.5 cm³/mol. The first kappa shape index (κ1) is 12.0. The van der Waals surface area contributed by atoms with E-state index in [0.717, 1.165) is 6.07 Å². The Kier molecular flexibility index (Phi) is 2.89. The molecule has 0 aromatic heterocycles. The van der Waals surface area contributed by atoms with E-state index in [4.69, 9.17) is 0 Å². The number of hydrogen-bond donors (Lipinski definition) is 1. The van der Waals surface area contributed by atoms with Crippen LogP contribution in [-0.4, -0.2) is 11.9 Å². The molecule has 1 aliphatic heterocycles. The molecule has 1 saturated heterocycles. The van der Waals surface area contributed by atoms with E-state index in [2.05, 4.69) is 5.32 Å². The summed E-state index contributed by atoms with van der Waals surface area (Å²) in [6.45, 7) is 3.72. The maximum atomic E-state index is 13.8. The van der Waals surface area contributed by atoms with Crippen LogP contribution in [0.15, 0.2) is 18.2 Å². The van der Waals surface area contributed by atoms with Gasteiger partial charge in [0.15, 0.2) is 11.6 Å². The van der Waals surface area contributed by atoms with Gasteiger partial charge in [-0.1, -0.05) is 26.0 Å². The molecule has 17 heavy (non-hydrogen) atoms. The molecule has 1 amide bonds. The first-order valence-corrected chi connectivity index (χ1v) is 5.73. The van der Waals surface area contributed by atoms with Gasteiger partial charge in [-0.3, -0.25) is 4.79 Å². The van der Waals surface area contributed by atoms with Crippen molar-refractivity contribution in [2.75, 3.05) is 0 Å². The molecule has 0 aliphatic carbocycles. The van der Waals surface area contributed by atoms with Crippen LogP contribution in [0, 0.1) is 11.6 Å². The number of benzene rings is 1. The van der Waals surface area contributed by atoms with Gasteiger partial charge in [-0.2, -0.15) is 0 Å². The average molecular weight is 239 g/mol. The lowest BCUT2D eigenvalue weighted by Crippen LogP contribution is -2.38. The second-order valence-electron chi connectivity index (χ2n) is 4.72. The topological polar surface area (TPSA) is 29.1 Å². The van der Waals surface area contributed by atoms with Crippen LogP contribution in [-0.2, 0) is 10.2 Å². The molecule has 1 heterocycles. The van der Waals surface area contributed by atoms with Crippen LogP contribution in [0.25, 0.3) is 0 Å². The molecule has 0 spiro atoms.